The minimum Gasteiger partial charge on any atom is -0.488 e. The molecule has 0 atom stereocenters. The minimum absolute atomic E-state index is 0.00159. The Morgan fingerprint density at radius 1 is 0.759 bits per heavy atom. The number of anilines is 1. The second-order valence-electron chi connectivity index (χ2n) is 6.65. The lowest BCUT2D eigenvalue weighted by Gasteiger charge is -2.14. The largest absolute Gasteiger partial charge is 0.488 e. The summed E-state index contributed by atoms with van der Waals surface area (Å²) in [5.41, 5.74) is 8.02. The van der Waals surface area contributed by atoms with Gasteiger partial charge in [0.05, 0.1) is 4.47 Å². The molecule has 0 aliphatic heterocycles. The lowest BCUT2D eigenvalue weighted by molar-refractivity contribution is 0.304. The molecule has 0 aliphatic carbocycles. The van der Waals surface area contributed by atoms with E-state index >= 15 is 0 Å². The Hall–Kier alpha value is -3.05. The van der Waals surface area contributed by atoms with Crippen LogP contribution in [0, 0.1) is 5.82 Å². The zero-order valence-electron chi connectivity index (χ0n) is 15.6. The first kappa shape index (κ1) is 19.3. The molecule has 0 heterocycles. The van der Waals surface area contributed by atoms with E-state index in [1.807, 2.05) is 60.7 Å². The van der Waals surface area contributed by atoms with Crippen LogP contribution in [0.2, 0.25) is 0 Å². The van der Waals surface area contributed by atoms with Crippen LogP contribution in [0.4, 0.5) is 10.1 Å². The molecule has 5 heteroatoms. The molecule has 0 spiro atoms. The molecule has 2 N–H and O–H groups in total. The van der Waals surface area contributed by atoms with Gasteiger partial charge in [-0.05, 0) is 50.6 Å². The quantitative estimate of drug-likeness (QED) is 0.341. The summed E-state index contributed by atoms with van der Waals surface area (Å²) in [7, 11) is 0. The van der Waals surface area contributed by atoms with E-state index in [1.165, 1.54) is 0 Å². The first-order chi connectivity index (χ1) is 14.1. The van der Waals surface area contributed by atoms with Crippen LogP contribution in [0.25, 0.3) is 10.8 Å². The van der Waals surface area contributed by atoms with Crippen molar-refractivity contribution in [1.82, 2.24) is 0 Å². The van der Waals surface area contributed by atoms with Crippen molar-refractivity contribution in [3.05, 3.63) is 100 Å². The molecular weight excluding hydrogens is 433 g/mol. The SMILES string of the molecule is Nc1c(OCc2ccccc2)cc2cc(OCc3ccccc3)c(Br)cc2c1F. The van der Waals surface area contributed by atoms with E-state index in [1.54, 1.807) is 18.2 Å². The molecule has 0 unspecified atom stereocenters. The van der Waals surface area contributed by atoms with Crippen molar-refractivity contribution >= 4 is 32.4 Å². The highest BCUT2D eigenvalue weighted by Crippen LogP contribution is 2.38. The molecule has 0 amide bonds. The van der Waals surface area contributed by atoms with Gasteiger partial charge in [-0.25, -0.2) is 4.39 Å². The number of nitrogen functional groups attached to an aromatic ring is 1. The smallest absolute Gasteiger partial charge is 0.157 e. The third kappa shape index (κ3) is 4.35. The summed E-state index contributed by atoms with van der Waals surface area (Å²) in [6.07, 6.45) is 0. The van der Waals surface area contributed by atoms with Crippen molar-refractivity contribution in [3.63, 3.8) is 0 Å². The zero-order valence-corrected chi connectivity index (χ0v) is 17.2. The lowest BCUT2D eigenvalue weighted by atomic mass is 10.1. The molecule has 0 bridgehead atoms. The van der Waals surface area contributed by atoms with E-state index in [9.17, 15) is 4.39 Å². The summed E-state index contributed by atoms with van der Waals surface area (Å²) in [4.78, 5) is 0. The molecule has 4 aromatic carbocycles. The summed E-state index contributed by atoms with van der Waals surface area (Å²) in [6.45, 7) is 0.726. The summed E-state index contributed by atoms with van der Waals surface area (Å²) in [5.74, 6) is 0.440. The number of nitrogens with two attached hydrogens (primary N) is 1. The molecule has 0 saturated carbocycles. The number of hydrogen-bond donors (Lipinski definition) is 1. The molecule has 0 aromatic heterocycles. The molecular formula is C24H19BrFNO2. The molecule has 29 heavy (non-hydrogen) atoms. The van der Waals surface area contributed by atoms with E-state index < -0.39 is 5.82 Å². The van der Waals surface area contributed by atoms with Crippen LogP contribution in [0.5, 0.6) is 11.5 Å². The maximum Gasteiger partial charge on any atom is 0.157 e. The zero-order chi connectivity index (χ0) is 20.2. The van der Waals surface area contributed by atoms with Crippen LogP contribution in [0.15, 0.2) is 83.3 Å². The van der Waals surface area contributed by atoms with Crippen molar-refractivity contribution < 1.29 is 13.9 Å². The second kappa shape index (κ2) is 8.53. The van der Waals surface area contributed by atoms with Crippen molar-refractivity contribution in [2.45, 2.75) is 13.2 Å². The molecule has 0 radical (unpaired) electrons. The maximum atomic E-state index is 14.9. The van der Waals surface area contributed by atoms with Gasteiger partial charge in [-0.2, -0.15) is 0 Å². The normalized spacial score (nSPS) is 10.8. The van der Waals surface area contributed by atoms with E-state index in [-0.39, 0.29) is 5.69 Å². The third-order valence-electron chi connectivity index (χ3n) is 4.60. The third-order valence-corrected chi connectivity index (χ3v) is 5.22. The van der Waals surface area contributed by atoms with Crippen molar-refractivity contribution in [2.24, 2.45) is 0 Å². The van der Waals surface area contributed by atoms with Crippen molar-refractivity contribution in [3.8, 4) is 11.5 Å². The monoisotopic (exact) mass is 451 g/mol. The second-order valence-corrected chi connectivity index (χ2v) is 7.51. The molecule has 4 aromatic rings. The predicted molar refractivity (Wildman–Crippen MR) is 118 cm³/mol. The Morgan fingerprint density at radius 2 is 1.28 bits per heavy atom. The Morgan fingerprint density at radius 3 is 1.86 bits per heavy atom. The van der Waals surface area contributed by atoms with Crippen LogP contribution in [-0.2, 0) is 13.2 Å². The summed E-state index contributed by atoms with van der Waals surface area (Å²) in [6, 6.07) is 24.8. The molecule has 0 fully saturated rings. The van der Waals surface area contributed by atoms with Gasteiger partial charge in [0.1, 0.15) is 30.4 Å². The summed E-state index contributed by atoms with van der Waals surface area (Å²) in [5, 5.41) is 1.07. The van der Waals surface area contributed by atoms with Gasteiger partial charge >= 0.3 is 0 Å². The fraction of sp³-hybridized carbons (Fsp3) is 0.0833. The van der Waals surface area contributed by atoms with E-state index in [4.69, 9.17) is 15.2 Å². The highest BCUT2D eigenvalue weighted by molar-refractivity contribution is 9.10. The first-order valence-corrected chi connectivity index (χ1v) is 9.96. The van der Waals surface area contributed by atoms with Gasteiger partial charge in [0.15, 0.2) is 5.82 Å². The number of rotatable bonds is 6. The Balaban J connectivity index is 1.62. The highest BCUT2D eigenvalue weighted by atomic mass is 79.9. The van der Waals surface area contributed by atoms with Crippen molar-refractivity contribution in [2.75, 3.05) is 5.73 Å². The highest BCUT2D eigenvalue weighted by Gasteiger charge is 2.15. The van der Waals surface area contributed by atoms with Crippen LogP contribution in [0.1, 0.15) is 11.1 Å². The van der Waals surface area contributed by atoms with Gasteiger partial charge < -0.3 is 15.2 Å². The number of halogens is 2. The number of benzene rings is 4. The van der Waals surface area contributed by atoms with Crippen LogP contribution in [0.3, 0.4) is 0 Å². The van der Waals surface area contributed by atoms with E-state index in [2.05, 4.69) is 15.9 Å². The fourth-order valence-corrected chi connectivity index (χ4v) is 3.51. The molecule has 146 valence electrons. The Kier molecular flexibility index (Phi) is 5.67. The minimum atomic E-state index is -0.499. The first-order valence-electron chi connectivity index (χ1n) is 9.16. The van der Waals surface area contributed by atoms with E-state index in [0.717, 1.165) is 11.1 Å². The number of fused-ring (bicyclic) bond motifs is 1. The number of hydrogen-bond acceptors (Lipinski definition) is 3. The lowest BCUT2D eigenvalue weighted by Crippen LogP contribution is -2.02. The topological polar surface area (TPSA) is 44.5 Å². The van der Waals surface area contributed by atoms with Crippen LogP contribution < -0.4 is 15.2 Å². The standard InChI is InChI=1S/C24H19BrFNO2/c25-20-13-19-18(11-21(20)28-14-16-7-3-1-4-8-16)12-22(24(27)23(19)26)29-15-17-9-5-2-6-10-17/h1-13H,14-15,27H2. The van der Waals surface area contributed by atoms with E-state index in [0.29, 0.717) is 40.0 Å². The van der Waals surface area contributed by atoms with Gasteiger partial charge in [-0.15, -0.1) is 0 Å². The van der Waals surface area contributed by atoms with Crippen molar-refractivity contribution in [1.29, 1.82) is 0 Å². The molecule has 4 rings (SSSR count). The maximum absolute atomic E-state index is 14.9. The Bertz CT molecular complexity index is 1130. The van der Waals surface area contributed by atoms with Crippen LogP contribution >= 0.6 is 15.9 Å². The van der Waals surface area contributed by atoms with Gasteiger partial charge in [0, 0.05) is 5.39 Å². The van der Waals surface area contributed by atoms with Gasteiger partial charge in [-0.1, -0.05) is 60.7 Å². The Labute approximate surface area is 177 Å². The molecule has 3 nitrogen and oxygen atoms in total. The molecule has 0 aliphatic rings. The van der Waals surface area contributed by atoms with Crippen LogP contribution in [-0.4, -0.2) is 0 Å². The van der Waals surface area contributed by atoms with Gasteiger partial charge in [0.2, 0.25) is 0 Å². The molecule has 0 saturated heterocycles. The predicted octanol–water partition coefficient (Wildman–Crippen LogP) is 6.48. The summed E-state index contributed by atoms with van der Waals surface area (Å²) < 4.78 is 27.3. The average Bonchev–Trinajstić information content (AvgIpc) is 2.76. The number of ether oxygens (including phenoxy) is 2. The summed E-state index contributed by atoms with van der Waals surface area (Å²) >= 11 is 3.47. The average molecular weight is 452 g/mol. The fourth-order valence-electron chi connectivity index (χ4n) is 3.05. The van der Waals surface area contributed by atoms with Gasteiger partial charge in [0.25, 0.3) is 0 Å². The van der Waals surface area contributed by atoms with Gasteiger partial charge in [-0.3, -0.25) is 0 Å².